The van der Waals surface area contributed by atoms with Crippen molar-refractivity contribution in [2.45, 2.75) is 20.3 Å². The Labute approximate surface area is 96.6 Å². The molecule has 0 aromatic carbocycles. The molecule has 94 valence electrons. The maximum Gasteiger partial charge on any atom is 0.359 e. The summed E-state index contributed by atoms with van der Waals surface area (Å²) in [6, 6.07) is 0. The first-order valence-electron chi connectivity index (χ1n) is 5.49. The number of carbonyl (C=O) groups excluding carboxylic acids is 1. The molecule has 0 aromatic rings. The van der Waals surface area contributed by atoms with Crippen LogP contribution in [0.5, 0.6) is 0 Å². The maximum absolute atomic E-state index is 11.3. The molecule has 0 aliphatic carbocycles. The lowest BCUT2D eigenvalue weighted by Crippen LogP contribution is -2.46. The van der Waals surface area contributed by atoms with E-state index in [4.69, 9.17) is 9.84 Å². The van der Waals surface area contributed by atoms with Crippen LogP contribution in [0.4, 0.5) is 0 Å². The van der Waals surface area contributed by atoms with Crippen molar-refractivity contribution in [1.29, 1.82) is 0 Å². The first kappa shape index (κ1) is 14.9. The first-order valence-corrected chi connectivity index (χ1v) is 5.49. The van der Waals surface area contributed by atoms with E-state index in [1.54, 1.807) is 14.1 Å². The molecule has 0 fully saturated rings. The molecule has 1 atom stereocenters. The Morgan fingerprint density at radius 1 is 1.38 bits per heavy atom. The topological polar surface area (TPSA) is 63.6 Å². The zero-order chi connectivity index (χ0) is 12.8. The summed E-state index contributed by atoms with van der Waals surface area (Å²) in [6.07, 6.45) is 0.756. The molecule has 0 aromatic heterocycles. The minimum Gasteiger partial charge on any atom is -0.477 e. The molecule has 1 N–H and O–H groups in total. The zero-order valence-corrected chi connectivity index (χ0v) is 10.5. The summed E-state index contributed by atoms with van der Waals surface area (Å²) in [7, 11) is 3.59. The number of hydrogen-bond donors (Lipinski definition) is 1. The number of quaternary nitrogens is 1. The van der Waals surface area contributed by atoms with Gasteiger partial charge in [-0.05, 0) is 6.42 Å². The smallest absolute Gasteiger partial charge is 0.359 e. The first-order chi connectivity index (χ1) is 7.28. The van der Waals surface area contributed by atoms with Crippen molar-refractivity contribution in [2.24, 2.45) is 5.92 Å². The summed E-state index contributed by atoms with van der Waals surface area (Å²) in [5, 5.41) is 8.66. The largest absolute Gasteiger partial charge is 0.477 e. The molecular weight excluding hydrogens is 210 g/mol. The third-order valence-corrected chi connectivity index (χ3v) is 2.52. The van der Waals surface area contributed by atoms with Crippen molar-refractivity contribution in [3.63, 3.8) is 0 Å². The van der Waals surface area contributed by atoms with Crippen molar-refractivity contribution in [1.82, 2.24) is 0 Å². The highest BCUT2D eigenvalue weighted by Crippen LogP contribution is 2.04. The number of esters is 1. The highest BCUT2D eigenvalue weighted by atomic mass is 16.5. The van der Waals surface area contributed by atoms with Crippen molar-refractivity contribution >= 4 is 11.9 Å². The van der Waals surface area contributed by atoms with Gasteiger partial charge in [0.05, 0.1) is 20.0 Å². The molecule has 1 unspecified atom stereocenters. The fourth-order valence-corrected chi connectivity index (χ4v) is 1.15. The monoisotopic (exact) mass is 232 g/mol. The fourth-order valence-electron chi connectivity index (χ4n) is 1.15. The van der Waals surface area contributed by atoms with Crippen LogP contribution in [0, 0.1) is 5.92 Å². The van der Waals surface area contributed by atoms with E-state index in [0.717, 1.165) is 6.42 Å². The molecule has 16 heavy (non-hydrogen) atoms. The van der Waals surface area contributed by atoms with Crippen LogP contribution >= 0.6 is 0 Å². The summed E-state index contributed by atoms with van der Waals surface area (Å²) in [5.74, 6) is -1.15. The van der Waals surface area contributed by atoms with Crippen molar-refractivity contribution < 1.29 is 23.9 Å². The van der Waals surface area contributed by atoms with E-state index in [1.807, 2.05) is 13.8 Å². The lowest BCUT2D eigenvalue weighted by Gasteiger charge is -2.27. The zero-order valence-electron chi connectivity index (χ0n) is 10.5. The van der Waals surface area contributed by atoms with Gasteiger partial charge in [-0.1, -0.05) is 13.8 Å². The van der Waals surface area contributed by atoms with Crippen LogP contribution in [0.2, 0.25) is 0 Å². The quantitative estimate of drug-likeness (QED) is 0.519. The van der Waals surface area contributed by atoms with Gasteiger partial charge in [-0.25, -0.2) is 4.79 Å². The molecule has 5 heteroatoms. The van der Waals surface area contributed by atoms with Gasteiger partial charge in [-0.3, -0.25) is 4.79 Å². The Kier molecular flexibility index (Phi) is 6.03. The van der Waals surface area contributed by atoms with Gasteiger partial charge < -0.3 is 14.3 Å². The van der Waals surface area contributed by atoms with Crippen LogP contribution in [0.25, 0.3) is 0 Å². The number of ether oxygens (including phenoxy) is 1. The van der Waals surface area contributed by atoms with Gasteiger partial charge in [0.1, 0.15) is 13.2 Å². The van der Waals surface area contributed by atoms with E-state index in [9.17, 15) is 9.59 Å². The Morgan fingerprint density at radius 2 is 1.94 bits per heavy atom. The molecule has 0 spiro atoms. The summed E-state index contributed by atoms with van der Waals surface area (Å²) in [6.45, 7) is 4.55. The SMILES string of the molecule is CCC(C)C(=O)OCC[N+](C)(C)CC(=O)O. The minimum atomic E-state index is -0.849. The van der Waals surface area contributed by atoms with Crippen LogP contribution in [-0.2, 0) is 14.3 Å². The molecule has 0 aliphatic heterocycles. The standard InChI is InChI=1S/C11H21NO4/c1-5-9(2)11(15)16-7-6-12(3,4)8-10(13)14/h9H,5-8H2,1-4H3/p+1. The summed E-state index contributed by atoms with van der Waals surface area (Å²) >= 11 is 0. The summed E-state index contributed by atoms with van der Waals surface area (Å²) in [5.41, 5.74) is 0. The van der Waals surface area contributed by atoms with Crippen LogP contribution in [0.3, 0.4) is 0 Å². The molecule has 0 saturated heterocycles. The minimum absolute atomic E-state index is 0.0287. The maximum atomic E-state index is 11.3. The van der Waals surface area contributed by atoms with Gasteiger partial charge in [0.15, 0.2) is 6.54 Å². The molecule has 0 amide bonds. The summed E-state index contributed by atoms with van der Waals surface area (Å²) in [4.78, 5) is 21.9. The number of aliphatic carboxylic acids is 1. The van der Waals surface area contributed by atoms with E-state index in [-0.39, 0.29) is 25.0 Å². The number of carboxylic acids is 1. The van der Waals surface area contributed by atoms with Crippen molar-refractivity contribution in [3.8, 4) is 0 Å². The number of likely N-dealkylation sites (N-methyl/N-ethyl adjacent to an activating group) is 1. The molecular formula is C11H22NO4+. The molecule has 0 aliphatic rings. The van der Waals surface area contributed by atoms with Crippen molar-refractivity contribution in [3.05, 3.63) is 0 Å². The van der Waals surface area contributed by atoms with Gasteiger partial charge in [-0.2, -0.15) is 0 Å². The van der Waals surface area contributed by atoms with Crippen LogP contribution < -0.4 is 0 Å². The van der Waals surface area contributed by atoms with Gasteiger partial charge in [0.25, 0.3) is 0 Å². The average molecular weight is 232 g/mol. The molecule has 0 bridgehead atoms. The molecule has 5 nitrogen and oxygen atoms in total. The highest BCUT2D eigenvalue weighted by molar-refractivity contribution is 5.71. The van der Waals surface area contributed by atoms with Crippen LogP contribution in [-0.4, -0.2) is 55.3 Å². The predicted molar refractivity (Wildman–Crippen MR) is 59.9 cm³/mol. The predicted octanol–water partition coefficient (Wildman–Crippen LogP) is 0.737. The number of carboxylic acid groups (broad SMARTS) is 1. The normalized spacial score (nSPS) is 13.2. The second-order valence-corrected chi connectivity index (χ2v) is 4.69. The van der Waals surface area contributed by atoms with E-state index in [1.165, 1.54) is 0 Å². The number of rotatable bonds is 7. The van der Waals surface area contributed by atoms with E-state index in [2.05, 4.69) is 0 Å². The van der Waals surface area contributed by atoms with Gasteiger partial charge >= 0.3 is 11.9 Å². The lowest BCUT2D eigenvalue weighted by molar-refractivity contribution is -0.883. The molecule has 0 heterocycles. The Morgan fingerprint density at radius 3 is 2.38 bits per heavy atom. The summed E-state index contributed by atoms with van der Waals surface area (Å²) < 4.78 is 5.37. The Bertz CT molecular complexity index is 250. The van der Waals surface area contributed by atoms with Crippen molar-refractivity contribution in [2.75, 3.05) is 33.8 Å². The van der Waals surface area contributed by atoms with E-state index >= 15 is 0 Å². The fraction of sp³-hybridized carbons (Fsp3) is 0.818. The van der Waals surface area contributed by atoms with Gasteiger partial charge in [0, 0.05) is 0 Å². The Hall–Kier alpha value is -1.10. The number of hydrogen-bond acceptors (Lipinski definition) is 3. The Balaban J connectivity index is 3.89. The average Bonchev–Trinajstić information content (AvgIpc) is 2.13. The molecule has 0 radical (unpaired) electrons. The molecule has 0 rings (SSSR count). The second kappa shape index (κ2) is 6.48. The second-order valence-electron chi connectivity index (χ2n) is 4.69. The lowest BCUT2D eigenvalue weighted by atomic mass is 10.1. The van der Waals surface area contributed by atoms with Gasteiger partial charge in [-0.15, -0.1) is 0 Å². The van der Waals surface area contributed by atoms with Crippen LogP contribution in [0.1, 0.15) is 20.3 Å². The number of carbonyl (C=O) groups is 2. The highest BCUT2D eigenvalue weighted by Gasteiger charge is 2.20. The number of nitrogens with zero attached hydrogens (tertiary/aromatic N) is 1. The van der Waals surface area contributed by atoms with Crippen LogP contribution in [0.15, 0.2) is 0 Å². The van der Waals surface area contributed by atoms with E-state index < -0.39 is 5.97 Å². The molecule has 0 saturated carbocycles. The van der Waals surface area contributed by atoms with Gasteiger partial charge in [0.2, 0.25) is 0 Å². The van der Waals surface area contributed by atoms with E-state index in [0.29, 0.717) is 11.0 Å². The third kappa shape index (κ3) is 6.40. The third-order valence-electron chi connectivity index (χ3n) is 2.52.